The molecule has 0 fully saturated rings. The van der Waals surface area contributed by atoms with Crippen molar-refractivity contribution in [2.75, 3.05) is 5.73 Å². The molecule has 0 aliphatic heterocycles. The molecule has 0 spiro atoms. The fourth-order valence-electron chi connectivity index (χ4n) is 4.27. The van der Waals surface area contributed by atoms with Crippen LogP contribution in [0.5, 0.6) is 0 Å². The van der Waals surface area contributed by atoms with Crippen molar-refractivity contribution >= 4 is 22.0 Å². The molecule has 0 unspecified atom stereocenters. The zero-order chi connectivity index (χ0) is 16.8. The Hall–Kier alpha value is -2.94. The summed E-state index contributed by atoms with van der Waals surface area (Å²) in [6, 6.07) is 8.68. The highest BCUT2D eigenvalue weighted by Gasteiger charge is 2.22. The third-order valence-electron chi connectivity index (χ3n) is 5.40. The molecule has 5 rings (SSSR count). The zero-order valence-electron chi connectivity index (χ0n) is 14.0. The number of benzene rings is 2. The number of hydrogen-bond acceptors (Lipinski definition) is 3. The van der Waals surface area contributed by atoms with Crippen molar-refractivity contribution < 1.29 is 0 Å². The lowest BCUT2D eigenvalue weighted by Crippen LogP contribution is -2.07. The van der Waals surface area contributed by atoms with Crippen molar-refractivity contribution in [2.24, 2.45) is 0 Å². The number of allylic oxidation sites excluding steroid dienone is 4. The van der Waals surface area contributed by atoms with Gasteiger partial charge in [0.1, 0.15) is 0 Å². The van der Waals surface area contributed by atoms with Crippen LogP contribution < -0.4 is 5.73 Å². The summed E-state index contributed by atoms with van der Waals surface area (Å²) < 4.78 is 0. The lowest BCUT2D eigenvalue weighted by molar-refractivity contribution is 0.904. The number of aryl methyl sites for hydroxylation is 1. The molecule has 0 radical (unpaired) electrons. The van der Waals surface area contributed by atoms with Crippen LogP contribution in [0, 0.1) is 0 Å². The van der Waals surface area contributed by atoms with E-state index in [2.05, 4.69) is 40.3 Å². The average molecular weight is 325 g/mol. The second-order valence-electron chi connectivity index (χ2n) is 6.75. The number of fused-ring (bicyclic) bond motifs is 4. The Kier molecular flexibility index (Phi) is 3.20. The largest absolute Gasteiger partial charge is 0.398 e. The second kappa shape index (κ2) is 5.55. The van der Waals surface area contributed by atoms with Crippen LogP contribution in [0.15, 0.2) is 60.6 Å². The molecule has 0 saturated carbocycles. The van der Waals surface area contributed by atoms with Gasteiger partial charge in [-0.25, -0.2) is 0 Å². The molecule has 0 saturated heterocycles. The van der Waals surface area contributed by atoms with E-state index in [-0.39, 0.29) is 0 Å². The van der Waals surface area contributed by atoms with Gasteiger partial charge in [0.15, 0.2) is 0 Å². The van der Waals surface area contributed by atoms with Crippen LogP contribution in [0.1, 0.15) is 30.4 Å². The van der Waals surface area contributed by atoms with Crippen molar-refractivity contribution in [2.45, 2.75) is 25.7 Å². The molecule has 3 nitrogen and oxygen atoms in total. The van der Waals surface area contributed by atoms with E-state index in [4.69, 9.17) is 5.73 Å². The monoisotopic (exact) mass is 325 g/mol. The van der Waals surface area contributed by atoms with Gasteiger partial charge in [-0.2, -0.15) is 0 Å². The molecule has 2 aliphatic rings. The fourth-order valence-corrected chi connectivity index (χ4v) is 4.27. The Morgan fingerprint density at radius 1 is 0.920 bits per heavy atom. The van der Waals surface area contributed by atoms with Crippen molar-refractivity contribution in [3.63, 3.8) is 0 Å². The minimum Gasteiger partial charge on any atom is -0.398 e. The Morgan fingerprint density at radius 3 is 2.72 bits per heavy atom. The second-order valence-corrected chi connectivity index (χ2v) is 6.75. The standard InChI is InChI=1S/C22H19N3/c23-20-10-9-18-17-6-5-14-3-1-2-4-15(14)16(17)7-8-19(18)22(20)21-13-24-11-12-25-21/h1,3,7-13H,2,4-6,23H2. The molecule has 122 valence electrons. The van der Waals surface area contributed by atoms with Gasteiger partial charge < -0.3 is 5.73 Å². The third-order valence-corrected chi connectivity index (χ3v) is 5.40. The van der Waals surface area contributed by atoms with E-state index in [0.29, 0.717) is 0 Å². The summed E-state index contributed by atoms with van der Waals surface area (Å²) in [7, 11) is 0. The normalized spacial score (nSPS) is 16.0. The van der Waals surface area contributed by atoms with Crippen LogP contribution >= 0.6 is 0 Å². The van der Waals surface area contributed by atoms with Crippen LogP contribution in [-0.4, -0.2) is 9.97 Å². The average Bonchev–Trinajstić information content (AvgIpc) is 2.68. The highest BCUT2D eigenvalue weighted by Crippen LogP contribution is 2.42. The summed E-state index contributed by atoms with van der Waals surface area (Å²) in [5.74, 6) is 0. The highest BCUT2D eigenvalue weighted by atomic mass is 14.8. The van der Waals surface area contributed by atoms with Crippen LogP contribution in [0.3, 0.4) is 0 Å². The van der Waals surface area contributed by atoms with Crippen molar-refractivity contribution in [3.8, 4) is 11.3 Å². The maximum atomic E-state index is 6.31. The number of hydrogen-bond donors (Lipinski definition) is 1. The van der Waals surface area contributed by atoms with Gasteiger partial charge in [0.2, 0.25) is 0 Å². The van der Waals surface area contributed by atoms with Crippen LogP contribution in [0.2, 0.25) is 0 Å². The Morgan fingerprint density at radius 2 is 1.84 bits per heavy atom. The number of aromatic nitrogens is 2. The van der Waals surface area contributed by atoms with Crippen LogP contribution in [0.25, 0.3) is 27.6 Å². The number of nitrogens with zero attached hydrogens (tertiary/aromatic N) is 2. The summed E-state index contributed by atoms with van der Waals surface area (Å²) in [5.41, 5.74) is 14.8. The molecule has 1 heterocycles. The number of anilines is 1. The first-order chi connectivity index (χ1) is 12.3. The Labute approximate surface area is 146 Å². The predicted molar refractivity (Wildman–Crippen MR) is 103 cm³/mol. The van der Waals surface area contributed by atoms with E-state index in [1.165, 1.54) is 33.0 Å². The molecule has 2 aromatic carbocycles. The van der Waals surface area contributed by atoms with Crippen molar-refractivity contribution in [1.29, 1.82) is 0 Å². The van der Waals surface area contributed by atoms with Crippen LogP contribution in [0.4, 0.5) is 5.69 Å². The smallest absolute Gasteiger partial charge is 0.0912 e. The topological polar surface area (TPSA) is 51.8 Å². The van der Waals surface area contributed by atoms with Gasteiger partial charge >= 0.3 is 0 Å². The van der Waals surface area contributed by atoms with Gasteiger partial charge in [-0.1, -0.05) is 30.4 Å². The van der Waals surface area contributed by atoms with Gasteiger partial charge in [0.25, 0.3) is 0 Å². The number of nitrogens with two attached hydrogens (primary N) is 1. The summed E-state index contributed by atoms with van der Waals surface area (Å²) in [6.07, 6.45) is 14.3. The minimum atomic E-state index is 0.754. The summed E-state index contributed by atoms with van der Waals surface area (Å²) in [5, 5.41) is 2.48. The van der Waals surface area contributed by atoms with Crippen LogP contribution in [-0.2, 0) is 6.42 Å². The molecule has 2 aliphatic carbocycles. The quantitative estimate of drug-likeness (QED) is 0.645. The lowest BCUT2D eigenvalue weighted by Gasteiger charge is -2.26. The van der Waals surface area contributed by atoms with Crippen molar-refractivity contribution in [3.05, 3.63) is 71.7 Å². The van der Waals surface area contributed by atoms with Gasteiger partial charge in [0.05, 0.1) is 11.9 Å². The minimum absolute atomic E-state index is 0.754. The van der Waals surface area contributed by atoms with Gasteiger partial charge in [-0.05, 0) is 64.8 Å². The third kappa shape index (κ3) is 2.19. The van der Waals surface area contributed by atoms with Gasteiger partial charge in [-0.15, -0.1) is 0 Å². The fraction of sp³-hybridized carbons (Fsp3) is 0.182. The Bertz CT molecular complexity index is 1050. The van der Waals surface area contributed by atoms with E-state index in [9.17, 15) is 0 Å². The maximum Gasteiger partial charge on any atom is 0.0912 e. The van der Waals surface area contributed by atoms with Crippen molar-refractivity contribution in [1.82, 2.24) is 9.97 Å². The lowest BCUT2D eigenvalue weighted by atomic mass is 9.79. The molecule has 0 atom stereocenters. The predicted octanol–water partition coefficient (Wildman–Crippen LogP) is 4.93. The maximum absolute atomic E-state index is 6.31. The SMILES string of the molecule is Nc1ccc2c3c(ccc2c1-c1cnccn1)C1=C(C=CCC1)CC3. The first kappa shape index (κ1) is 14.4. The molecular formula is C22H19N3. The molecule has 2 N–H and O–H groups in total. The summed E-state index contributed by atoms with van der Waals surface area (Å²) >= 11 is 0. The van der Waals surface area contributed by atoms with Gasteiger partial charge in [0, 0.05) is 23.6 Å². The van der Waals surface area contributed by atoms with E-state index in [1.54, 1.807) is 18.6 Å². The van der Waals surface area contributed by atoms with E-state index < -0.39 is 0 Å². The molecular weight excluding hydrogens is 306 g/mol. The van der Waals surface area contributed by atoms with E-state index in [0.717, 1.165) is 42.6 Å². The molecule has 0 bridgehead atoms. The number of rotatable bonds is 1. The van der Waals surface area contributed by atoms with E-state index in [1.807, 2.05) is 6.07 Å². The van der Waals surface area contributed by atoms with E-state index >= 15 is 0 Å². The molecule has 0 amide bonds. The molecule has 3 aromatic rings. The molecule has 25 heavy (non-hydrogen) atoms. The first-order valence-corrected chi connectivity index (χ1v) is 8.82. The summed E-state index contributed by atoms with van der Waals surface area (Å²) in [6.45, 7) is 0. The Balaban J connectivity index is 1.80. The summed E-state index contributed by atoms with van der Waals surface area (Å²) in [4.78, 5) is 8.69. The number of nitrogen functional groups attached to an aromatic ring is 1. The van der Waals surface area contributed by atoms with Gasteiger partial charge in [-0.3, -0.25) is 9.97 Å². The zero-order valence-corrected chi connectivity index (χ0v) is 14.0. The molecule has 3 heteroatoms. The molecule has 1 aromatic heterocycles. The first-order valence-electron chi connectivity index (χ1n) is 8.82. The highest BCUT2D eigenvalue weighted by molar-refractivity contribution is 6.04.